The van der Waals surface area contributed by atoms with Crippen LogP contribution in [-0.2, 0) is 0 Å². The molecular formula is C26H38BP2-. The molecule has 4 rings (SSSR count). The Kier molecular flexibility index (Phi) is 6.88. The summed E-state index contributed by atoms with van der Waals surface area (Å²) < 4.78 is 0. The summed E-state index contributed by atoms with van der Waals surface area (Å²) >= 11 is 0. The van der Waals surface area contributed by atoms with Crippen molar-refractivity contribution in [3.8, 4) is 0 Å². The van der Waals surface area contributed by atoms with Crippen molar-refractivity contribution < 1.29 is 0 Å². The van der Waals surface area contributed by atoms with Gasteiger partial charge in [0, 0.05) is 0 Å². The molecule has 0 amide bonds. The van der Waals surface area contributed by atoms with Gasteiger partial charge in [-0.15, -0.1) is 28.0 Å². The van der Waals surface area contributed by atoms with Gasteiger partial charge in [-0.1, -0.05) is 88.4 Å². The smallest absolute Gasteiger partial charge is 0.0631 e. The zero-order valence-electron chi connectivity index (χ0n) is 18.8. The van der Waals surface area contributed by atoms with Crippen molar-refractivity contribution in [3.05, 3.63) is 60.7 Å². The highest BCUT2D eigenvalue weighted by molar-refractivity contribution is 7.67. The minimum absolute atomic E-state index is 0.0867. The van der Waals surface area contributed by atoms with Crippen molar-refractivity contribution in [1.29, 1.82) is 0 Å². The first-order valence-electron chi connectivity index (χ1n) is 11.8. The lowest BCUT2D eigenvalue weighted by atomic mass is 9.21. The van der Waals surface area contributed by atoms with Gasteiger partial charge in [0.2, 0.25) is 0 Å². The topological polar surface area (TPSA) is 0 Å². The summed E-state index contributed by atoms with van der Waals surface area (Å²) in [5, 5.41) is 0. The van der Waals surface area contributed by atoms with E-state index in [1.165, 1.54) is 37.8 Å². The molecule has 2 heterocycles. The SMILES string of the molecule is C[C@@H]1CC[C@@H](C)P1C[B-](CP1[C@H](C)CC[C@H]1C)(c1ccccc1)c1ccccc1. The highest BCUT2D eigenvalue weighted by Gasteiger charge is 2.40. The molecule has 0 aliphatic carbocycles. The van der Waals surface area contributed by atoms with Crippen LogP contribution in [0.4, 0.5) is 0 Å². The van der Waals surface area contributed by atoms with Gasteiger partial charge in [0.1, 0.15) is 0 Å². The maximum Gasteiger partial charge on any atom is 0.0631 e. The van der Waals surface area contributed by atoms with Crippen molar-refractivity contribution in [3.63, 3.8) is 0 Å². The van der Waals surface area contributed by atoms with Crippen LogP contribution in [0, 0.1) is 0 Å². The third-order valence-corrected chi connectivity index (χ3v) is 15.8. The van der Waals surface area contributed by atoms with Crippen LogP contribution in [0.2, 0.25) is 0 Å². The Morgan fingerprint density at radius 2 is 0.897 bits per heavy atom. The highest BCUT2D eigenvalue weighted by Crippen LogP contribution is 2.60. The minimum Gasteiger partial charge on any atom is -0.204 e. The van der Waals surface area contributed by atoms with Crippen molar-refractivity contribution in [2.45, 2.75) is 76.0 Å². The lowest BCUT2D eigenvalue weighted by Crippen LogP contribution is -2.64. The Bertz CT molecular complexity index is 690. The molecule has 156 valence electrons. The molecule has 29 heavy (non-hydrogen) atoms. The fraction of sp³-hybridized carbons (Fsp3) is 0.538. The van der Waals surface area contributed by atoms with Gasteiger partial charge < -0.3 is 0 Å². The minimum atomic E-state index is -0.698. The van der Waals surface area contributed by atoms with E-state index in [4.69, 9.17) is 0 Å². The van der Waals surface area contributed by atoms with E-state index in [-0.39, 0.29) is 15.8 Å². The molecule has 2 saturated heterocycles. The normalized spacial score (nSPS) is 28.8. The summed E-state index contributed by atoms with van der Waals surface area (Å²) in [6.07, 6.45) is 5.10. The van der Waals surface area contributed by atoms with Gasteiger partial charge in [0.05, 0.1) is 6.15 Å². The van der Waals surface area contributed by atoms with Crippen LogP contribution in [0.5, 0.6) is 0 Å². The molecule has 2 aromatic carbocycles. The van der Waals surface area contributed by atoms with Gasteiger partial charge in [-0.25, -0.2) is 10.9 Å². The summed E-state index contributed by atoms with van der Waals surface area (Å²) in [6.45, 7) is 10.2. The molecule has 0 unspecified atom stereocenters. The second kappa shape index (κ2) is 9.24. The Morgan fingerprint density at radius 1 is 0.586 bits per heavy atom. The van der Waals surface area contributed by atoms with Crippen LogP contribution >= 0.6 is 15.8 Å². The van der Waals surface area contributed by atoms with Gasteiger partial charge in [-0.05, 0) is 48.3 Å². The number of hydrogen-bond acceptors (Lipinski definition) is 0. The Morgan fingerprint density at radius 3 is 1.21 bits per heavy atom. The van der Waals surface area contributed by atoms with E-state index < -0.39 is 6.15 Å². The molecule has 0 N–H and O–H groups in total. The lowest BCUT2D eigenvalue weighted by molar-refractivity contribution is 0.777. The zero-order chi connectivity index (χ0) is 20.4. The average molecular weight is 423 g/mol. The Labute approximate surface area is 181 Å². The predicted octanol–water partition coefficient (Wildman–Crippen LogP) is 6.43. The summed E-state index contributed by atoms with van der Waals surface area (Å²) in [4.78, 5) is 0. The monoisotopic (exact) mass is 423 g/mol. The third kappa shape index (κ3) is 4.38. The van der Waals surface area contributed by atoms with E-state index in [2.05, 4.69) is 88.4 Å². The molecule has 2 aliphatic rings. The molecule has 0 spiro atoms. The van der Waals surface area contributed by atoms with Gasteiger partial charge in [-0.3, -0.25) is 0 Å². The second-order valence-electron chi connectivity index (χ2n) is 10.0. The van der Waals surface area contributed by atoms with Crippen molar-refractivity contribution in [2.24, 2.45) is 0 Å². The van der Waals surface area contributed by atoms with Crippen LogP contribution in [0.1, 0.15) is 53.4 Å². The van der Waals surface area contributed by atoms with Crippen LogP contribution < -0.4 is 10.9 Å². The largest absolute Gasteiger partial charge is 0.204 e. The molecule has 2 aromatic rings. The number of rotatable bonds is 6. The van der Waals surface area contributed by atoms with Gasteiger partial charge in [-0.2, -0.15) is 0 Å². The summed E-state index contributed by atoms with van der Waals surface area (Å²) in [6, 6.07) is 26.3. The van der Waals surface area contributed by atoms with E-state index in [9.17, 15) is 0 Å². The molecule has 0 saturated carbocycles. The predicted molar refractivity (Wildman–Crippen MR) is 138 cm³/mol. The third-order valence-electron chi connectivity index (χ3n) is 8.19. The molecule has 2 aliphatic heterocycles. The molecule has 0 aromatic heterocycles. The first-order chi connectivity index (χ1) is 14.0. The molecule has 0 radical (unpaired) electrons. The van der Waals surface area contributed by atoms with E-state index >= 15 is 0 Å². The fourth-order valence-electron chi connectivity index (χ4n) is 6.25. The maximum atomic E-state index is 2.55. The lowest BCUT2D eigenvalue weighted by Gasteiger charge is -2.49. The quantitative estimate of drug-likeness (QED) is 0.371. The average Bonchev–Trinajstić information content (AvgIpc) is 3.24. The zero-order valence-corrected chi connectivity index (χ0v) is 20.6. The van der Waals surface area contributed by atoms with Gasteiger partial charge >= 0.3 is 0 Å². The van der Waals surface area contributed by atoms with Crippen LogP contribution in [0.3, 0.4) is 0 Å². The van der Waals surface area contributed by atoms with E-state index in [0.29, 0.717) is 0 Å². The maximum absolute atomic E-state index is 2.55. The fourth-order valence-corrected chi connectivity index (χ4v) is 14.1. The molecule has 0 bridgehead atoms. The Balaban J connectivity index is 1.83. The van der Waals surface area contributed by atoms with Crippen LogP contribution in [0.15, 0.2) is 60.7 Å². The van der Waals surface area contributed by atoms with Crippen molar-refractivity contribution in [2.75, 3.05) is 12.1 Å². The van der Waals surface area contributed by atoms with Crippen LogP contribution in [0.25, 0.3) is 0 Å². The van der Waals surface area contributed by atoms with Crippen molar-refractivity contribution >= 4 is 32.9 Å². The van der Waals surface area contributed by atoms with E-state index in [1.807, 2.05) is 0 Å². The first-order valence-corrected chi connectivity index (χ1v) is 15.2. The molecule has 2 fully saturated rings. The standard InChI is InChI=1S/C26H38BP2/c1-21-15-16-22(2)28(21)19-27(25-11-7-5-8-12-25,26-13-9-6-10-14-26)20-29-23(3)17-18-24(29)4/h5-14,21-24H,15-20H2,1-4H3/q-1/t21-,22-,23-,24-/m1/s1. The highest BCUT2D eigenvalue weighted by atomic mass is 31.1. The Hall–Kier alpha value is -0.635. The second-order valence-corrected chi connectivity index (χ2v) is 16.3. The van der Waals surface area contributed by atoms with Crippen LogP contribution in [-0.4, -0.2) is 40.9 Å². The molecule has 0 nitrogen and oxygen atoms in total. The summed E-state index contributed by atoms with van der Waals surface area (Å²) in [5.74, 6) is 0. The first kappa shape index (κ1) is 21.6. The van der Waals surface area contributed by atoms with E-state index in [1.54, 1.807) is 10.9 Å². The number of benzene rings is 2. The summed E-state index contributed by atoms with van der Waals surface area (Å²) in [7, 11) is 0.173. The molecule has 3 heteroatoms. The van der Waals surface area contributed by atoms with Gasteiger partial charge in [0.25, 0.3) is 0 Å². The summed E-state index contributed by atoms with van der Waals surface area (Å²) in [5.41, 5.74) is 7.00. The van der Waals surface area contributed by atoms with E-state index in [0.717, 1.165) is 22.6 Å². The molecular weight excluding hydrogens is 385 g/mol. The number of hydrogen-bond donors (Lipinski definition) is 0. The van der Waals surface area contributed by atoms with Crippen molar-refractivity contribution in [1.82, 2.24) is 0 Å². The van der Waals surface area contributed by atoms with Gasteiger partial charge in [0.15, 0.2) is 0 Å². The molecule has 4 atom stereocenters.